The van der Waals surface area contributed by atoms with Gasteiger partial charge < -0.3 is 25.6 Å². The van der Waals surface area contributed by atoms with Gasteiger partial charge in [-0.3, -0.25) is 9.59 Å². The Morgan fingerprint density at radius 1 is 1.10 bits per heavy atom. The molecule has 230 valence electrons. The number of sulfonamides is 1. The van der Waals surface area contributed by atoms with Crippen molar-refractivity contribution in [2.75, 3.05) is 32.7 Å². The summed E-state index contributed by atoms with van der Waals surface area (Å²) < 4.78 is 34.9. The van der Waals surface area contributed by atoms with Crippen molar-refractivity contribution in [2.24, 2.45) is 11.7 Å². The number of fused-ring (bicyclic) bond motifs is 1. The molecule has 0 aromatic heterocycles. The van der Waals surface area contributed by atoms with E-state index in [1.54, 1.807) is 21.9 Å². The smallest absolute Gasteiger partial charge is 0.410 e. The Morgan fingerprint density at radius 2 is 1.81 bits per heavy atom. The molecule has 2 aliphatic rings. The first kappa shape index (κ1) is 31.7. The van der Waals surface area contributed by atoms with Crippen molar-refractivity contribution in [1.82, 2.24) is 19.8 Å². The van der Waals surface area contributed by atoms with E-state index in [1.807, 2.05) is 45.0 Å². The standard InChI is InChI=1S/C30H43N5O6S/c1-30(2,3)41-29(38)34-15-6-7-21(20-34)19-32-27(36)18-26(28(37)35(16-14-31)24-11-12-24)33-42(39,40)25-13-10-22-8-4-5-9-23(22)17-25/h4-5,8-10,13,17,21,24,26,33H,6-7,11-12,14-16,18-20,31H2,1-3H3,(H,32,36)/t21-,26-/m0/s1. The highest BCUT2D eigenvalue weighted by Crippen LogP contribution is 2.28. The summed E-state index contributed by atoms with van der Waals surface area (Å²) in [6.07, 6.45) is 2.50. The quantitative estimate of drug-likeness (QED) is 0.358. The molecule has 4 N–H and O–H groups in total. The van der Waals surface area contributed by atoms with Crippen LogP contribution in [0.4, 0.5) is 4.79 Å². The number of carbonyl (C=O) groups excluding carboxylic acids is 3. The number of hydrogen-bond acceptors (Lipinski definition) is 7. The summed E-state index contributed by atoms with van der Waals surface area (Å²) in [5, 5.41) is 4.50. The minimum absolute atomic E-state index is 0.00198. The number of likely N-dealkylation sites (tertiary alicyclic amines) is 1. The van der Waals surface area contributed by atoms with Crippen molar-refractivity contribution in [3.63, 3.8) is 0 Å². The first-order chi connectivity index (χ1) is 19.9. The van der Waals surface area contributed by atoms with Crippen LogP contribution in [0.15, 0.2) is 47.4 Å². The Bertz CT molecular complexity index is 1390. The van der Waals surface area contributed by atoms with Crippen LogP contribution in [-0.2, 0) is 24.3 Å². The van der Waals surface area contributed by atoms with E-state index in [0.29, 0.717) is 19.6 Å². The number of benzene rings is 2. The molecule has 1 aliphatic carbocycles. The van der Waals surface area contributed by atoms with Gasteiger partial charge in [0, 0.05) is 38.8 Å². The van der Waals surface area contributed by atoms with Crippen LogP contribution in [0.1, 0.15) is 52.9 Å². The second kappa shape index (κ2) is 13.4. The van der Waals surface area contributed by atoms with E-state index in [9.17, 15) is 22.8 Å². The van der Waals surface area contributed by atoms with Crippen molar-refractivity contribution in [2.45, 2.75) is 75.5 Å². The van der Waals surface area contributed by atoms with Crippen molar-refractivity contribution >= 4 is 38.7 Å². The maximum atomic E-state index is 13.6. The lowest BCUT2D eigenvalue weighted by atomic mass is 9.98. The summed E-state index contributed by atoms with van der Waals surface area (Å²) in [6.45, 7) is 7.29. The van der Waals surface area contributed by atoms with Crippen molar-refractivity contribution in [3.8, 4) is 0 Å². The van der Waals surface area contributed by atoms with Crippen LogP contribution in [0.5, 0.6) is 0 Å². The summed E-state index contributed by atoms with van der Waals surface area (Å²) >= 11 is 0. The summed E-state index contributed by atoms with van der Waals surface area (Å²) in [4.78, 5) is 42.5. The molecule has 0 spiro atoms. The third kappa shape index (κ3) is 8.65. The molecule has 11 nitrogen and oxygen atoms in total. The van der Waals surface area contributed by atoms with Gasteiger partial charge in [0.15, 0.2) is 0 Å². The largest absolute Gasteiger partial charge is 0.444 e. The highest BCUT2D eigenvalue weighted by molar-refractivity contribution is 7.89. The van der Waals surface area contributed by atoms with Crippen LogP contribution in [0.2, 0.25) is 0 Å². The van der Waals surface area contributed by atoms with E-state index in [2.05, 4.69) is 10.0 Å². The molecule has 12 heteroatoms. The molecular weight excluding hydrogens is 558 g/mol. The first-order valence-corrected chi connectivity index (χ1v) is 16.1. The predicted octanol–water partition coefficient (Wildman–Crippen LogP) is 2.59. The van der Waals surface area contributed by atoms with Crippen molar-refractivity contribution < 1.29 is 27.5 Å². The number of amides is 3. The molecule has 0 radical (unpaired) electrons. The van der Waals surface area contributed by atoms with Crippen LogP contribution in [0.25, 0.3) is 10.8 Å². The highest BCUT2D eigenvalue weighted by atomic mass is 32.2. The molecule has 2 atom stereocenters. The lowest BCUT2D eigenvalue weighted by Gasteiger charge is -2.34. The zero-order chi connectivity index (χ0) is 30.5. The van der Waals surface area contributed by atoms with E-state index in [1.165, 1.54) is 6.07 Å². The maximum Gasteiger partial charge on any atom is 0.410 e. The molecule has 1 saturated carbocycles. The molecule has 2 fully saturated rings. The number of ether oxygens (including phenoxy) is 1. The average Bonchev–Trinajstić information content (AvgIpc) is 3.78. The van der Waals surface area contributed by atoms with Crippen LogP contribution < -0.4 is 15.8 Å². The van der Waals surface area contributed by atoms with E-state index < -0.39 is 33.5 Å². The molecule has 1 aliphatic heterocycles. The van der Waals surface area contributed by atoms with E-state index >= 15 is 0 Å². The number of nitrogens with one attached hydrogen (secondary N) is 2. The maximum absolute atomic E-state index is 13.6. The molecule has 4 rings (SSSR count). The summed E-state index contributed by atoms with van der Waals surface area (Å²) in [5.74, 6) is -0.900. The molecule has 0 unspecified atom stereocenters. The average molecular weight is 602 g/mol. The predicted molar refractivity (Wildman–Crippen MR) is 160 cm³/mol. The van der Waals surface area contributed by atoms with Gasteiger partial charge in [0.25, 0.3) is 0 Å². The minimum atomic E-state index is -4.13. The Balaban J connectivity index is 1.44. The zero-order valence-electron chi connectivity index (χ0n) is 24.7. The van der Waals surface area contributed by atoms with Gasteiger partial charge in [0.2, 0.25) is 21.8 Å². The Hall–Kier alpha value is -3.22. The van der Waals surface area contributed by atoms with Gasteiger partial charge >= 0.3 is 6.09 Å². The van der Waals surface area contributed by atoms with Crippen LogP contribution in [-0.4, -0.2) is 86.5 Å². The molecule has 0 bridgehead atoms. The van der Waals surface area contributed by atoms with E-state index in [0.717, 1.165) is 36.5 Å². The van der Waals surface area contributed by atoms with Gasteiger partial charge in [0.1, 0.15) is 11.6 Å². The fourth-order valence-electron chi connectivity index (χ4n) is 5.21. The fraction of sp³-hybridized carbons (Fsp3) is 0.567. The van der Waals surface area contributed by atoms with Gasteiger partial charge in [0.05, 0.1) is 11.3 Å². The number of hydrogen-bond donors (Lipinski definition) is 3. The van der Waals surface area contributed by atoms with E-state index in [-0.39, 0.29) is 42.5 Å². The molecule has 42 heavy (non-hydrogen) atoms. The number of carbonyl (C=O) groups is 3. The van der Waals surface area contributed by atoms with Gasteiger partial charge in [-0.2, -0.15) is 4.72 Å². The van der Waals surface area contributed by atoms with Crippen molar-refractivity contribution in [1.29, 1.82) is 0 Å². The molecular formula is C30H43N5O6S. The lowest BCUT2D eigenvalue weighted by Crippen LogP contribution is -2.52. The fourth-order valence-corrected chi connectivity index (χ4v) is 6.43. The van der Waals surface area contributed by atoms with Crippen LogP contribution in [0.3, 0.4) is 0 Å². The van der Waals surface area contributed by atoms with Gasteiger partial charge in [-0.05, 0) is 75.3 Å². The number of piperidine rings is 1. The minimum Gasteiger partial charge on any atom is -0.444 e. The Morgan fingerprint density at radius 3 is 2.48 bits per heavy atom. The number of rotatable bonds is 11. The van der Waals surface area contributed by atoms with Crippen LogP contribution >= 0.6 is 0 Å². The monoisotopic (exact) mass is 601 g/mol. The summed E-state index contributed by atoms with van der Waals surface area (Å²) in [6, 6.07) is 10.8. The van der Waals surface area contributed by atoms with Gasteiger partial charge in [-0.15, -0.1) is 0 Å². The normalized spacial score (nSPS) is 18.4. The molecule has 2 aromatic carbocycles. The Labute approximate surface area is 248 Å². The summed E-state index contributed by atoms with van der Waals surface area (Å²) in [5.41, 5.74) is 5.15. The second-order valence-electron chi connectivity index (χ2n) is 12.2. The summed E-state index contributed by atoms with van der Waals surface area (Å²) in [7, 11) is -4.13. The molecule has 3 amide bonds. The van der Waals surface area contributed by atoms with Gasteiger partial charge in [-0.1, -0.05) is 30.3 Å². The molecule has 1 heterocycles. The molecule has 1 saturated heterocycles. The number of nitrogens with two attached hydrogens (primary N) is 1. The second-order valence-corrected chi connectivity index (χ2v) is 13.9. The number of nitrogens with zero attached hydrogens (tertiary/aromatic N) is 2. The van der Waals surface area contributed by atoms with Gasteiger partial charge in [-0.25, -0.2) is 13.2 Å². The molecule has 2 aromatic rings. The third-order valence-electron chi connectivity index (χ3n) is 7.42. The SMILES string of the molecule is CC(C)(C)OC(=O)N1CCC[C@@H](CNC(=O)C[C@H](NS(=O)(=O)c2ccc3ccccc3c2)C(=O)N(CCN)C2CC2)C1. The Kier molecular flexibility index (Phi) is 10.1. The topological polar surface area (TPSA) is 151 Å². The lowest BCUT2D eigenvalue weighted by molar-refractivity contribution is -0.136. The third-order valence-corrected chi connectivity index (χ3v) is 8.88. The zero-order valence-corrected chi connectivity index (χ0v) is 25.5. The first-order valence-electron chi connectivity index (χ1n) is 14.6. The van der Waals surface area contributed by atoms with Crippen LogP contribution in [0, 0.1) is 5.92 Å². The highest BCUT2D eigenvalue weighted by Gasteiger charge is 2.38. The van der Waals surface area contributed by atoms with Crippen molar-refractivity contribution in [3.05, 3.63) is 42.5 Å². The van der Waals surface area contributed by atoms with E-state index in [4.69, 9.17) is 10.5 Å².